The highest BCUT2D eigenvalue weighted by molar-refractivity contribution is 7.80. The number of thiocarbonyl (C=S) groups is 1. The number of phenols is 1. The minimum Gasteiger partial charge on any atom is -0.508 e. The van der Waals surface area contributed by atoms with Crippen LogP contribution < -0.4 is 16.2 Å². The fourth-order valence-corrected chi connectivity index (χ4v) is 2.70. The summed E-state index contributed by atoms with van der Waals surface area (Å²) in [5.41, 5.74) is 6.07. The highest BCUT2D eigenvalue weighted by Gasteiger charge is 2.07. The molecular weight excluding hydrogens is 374 g/mol. The summed E-state index contributed by atoms with van der Waals surface area (Å²) in [5.74, 6) is -0.822. The topological polar surface area (TPSA) is 90.5 Å². The number of hydrogen-bond acceptors (Lipinski definition) is 4. The zero-order valence-electron chi connectivity index (χ0n) is 14.7. The Bertz CT molecular complexity index is 1060. The molecule has 0 saturated carbocycles. The quantitative estimate of drug-likeness (QED) is 0.313. The molecule has 0 atom stereocenters. The highest BCUT2D eigenvalue weighted by atomic mass is 32.1. The average molecular weight is 391 g/mol. The predicted molar refractivity (Wildman–Crippen MR) is 112 cm³/mol. The number of nitrogens with one attached hydrogen (secondary N) is 3. The van der Waals surface area contributed by atoms with E-state index in [1.165, 1.54) is 30.3 Å². The van der Waals surface area contributed by atoms with E-state index in [-0.39, 0.29) is 10.9 Å². The predicted octanol–water partition coefficient (Wildman–Crippen LogP) is 2.89. The molecule has 0 aliphatic carbocycles. The van der Waals surface area contributed by atoms with Gasteiger partial charge in [0.2, 0.25) is 5.91 Å². The molecule has 3 aromatic rings. The molecular formula is C21H17N3O3S. The van der Waals surface area contributed by atoms with Gasteiger partial charge >= 0.3 is 0 Å². The largest absolute Gasteiger partial charge is 0.508 e. The zero-order chi connectivity index (χ0) is 19.9. The lowest BCUT2D eigenvalue weighted by molar-refractivity contribution is -0.115. The van der Waals surface area contributed by atoms with Gasteiger partial charge in [-0.25, -0.2) is 0 Å². The highest BCUT2D eigenvalue weighted by Crippen LogP contribution is 2.19. The van der Waals surface area contributed by atoms with E-state index in [0.717, 1.165) is 16.3 Å². The minimum absolute atomic E-state index is 0.0419. The van der Waals surface area contributed by atoms with E-state index >= 15 is 0 Å². The molecule has 28 heavy (non-hydrogen) atoms. The first-order valence-corrected chi connectivity index (χ1v) is 8.80. The molecule has 0 spiro atoms. The van der Waals surface area contributed by atoms with Crippen molar-refractivity contribution in [1.29, 1.82) is 0 Å². The maximum absolute atomic E-state index is 12.0. The smallest absolute Gasteiger partial charge is 0.269 e. The number of amides is 2. The first-order chi connectivity index (χ1) is 13.5. The summed E-state index contributed by atoms with van der Waals surface area (Å²) in [6.45, 7) is 0. The molecule has 0 aliphatic rings. The van der Waals surface area contributed by atoms with Crippen molar-refractivity contribution in [3.63, 3.8) is 0 Å². The van der Waals surface area contributed by atoms with Gasteiger partial charge < -0.3 is 5.11 Å². The number of carbonyl (C=O) groups excluding carboxylic acids is 2. The maximum atomic E-state index is 12.0. The molecule has 0 bridgehead atoms. The fraction of sp³-hybridized carbons (Fsp3) is 0. The molecule has 0 aliphatic heterocycles. The molecule has 6 nitrogen and oxygen atoms in total. The summed E-state index contributed by atoms with van der Waals surface area (Å²) in [6, 6.07) is 19.4. The molecule has 0 aromatic heterocycles. The summed E-state index contributed by atoms with van der Waals surface area (Å²) in [7, 11) is 0. The van der Waals surface area contributed by atoms with Gasteiger partial charge in [-0.15, -0.1) is 0 Å². The lowest BCUT2D eigenvalue weighted by atomic mass is 10.0. The molecule has 3 aromatic carbocycles. The summed E-state index contributed by atoms with van der Waals surface area (Å²) >= 11 is 5.00. The van der Waals surface area contributed by atoms with Crippen LogP contribution in [-0.2, 0) is 4.79 Å². The molecule has 0 saturated heterocycles. The van der Waals surface area contributed by atoms with Gasteiger partial charge in [-0.05, 0) is 58.9 Å². The Kier molecular flexibility index (Phi) is 5.98. The molecule has 0 heterocycles. The van der Waals surface area contributed by atoms with Crippen molar-refractivity contribution >= 4 is 46.0 Å². The van der Waals surface area contributed by atoms with Crippen LogP contribution in [0.3, 0.4) is 0 Å². The van der Waals surface area contributed by atoms with Gasteiger partial charge in [0.15, 0.2) is 5.11 Å². The molecule has 140 valence electrons. The van der Waals surface area contributed by atoms with Crippen LogP contribution in [0.1, 0.15) is 15.9 Å². The molecule has 4 N–H and O–H groups in total. The third-order valence-corrected chi connectivity index (χ3v) is 4.10. The van der Waals surface area contributed by atoms with Crippen molar-refractivity contribution in [3.05, 3.63) is 83.9 Å². The normalized spacial score (nSPS) is 10.6. The van der Waals surface area contributed by atoms with Crippen molar-refractivity contribution in [1.82, 2.24) is 16.2 Å². The zero-order valence-corrected chi connectivity index (χ0v) is 15.5. The van der Waals surface area contributed by atoms with Crippen LogP contribution in [0.5, 0.6) is 5.75 Å². The third kappa shape index (κ3) is 4.93. The van der Waals surface area contributed by atoms with Gasteiger partial charge in [0.25, 0.3) is 5.91 Å². The van der Waals surface area contributed by atoms with Gasteiger partial charge in [0.1, 0.15) is 5.75 Å². The SMILES string of the molecule is O=C(/C=C/c1cccc2ccccc12)NC(=S)NNC(=O)c1ccc(O)cc1. The van der Waals surface area contributed by atoms with Crippen LogP contribution in [0.15, 0.2) is 72.8 Å². The Labute approximate surface area is 166 Å². The Balaban J connectivity index is 1.54. The van der Waals surface area contributed by atoms with E-state index in [1.54, 1.807) is 6.08 Å². The lowest BCUT2D eigenvalue weighted by Crippen LogP contribution is -2.48. The average Bonchev–Trinajstić information content (AvgIpc) is 2.71. The van der Waals surface area contributed by atoms with Crippen LogP contribution in [-0.4, -0.2) is 22.0 Å². The molecule has 3 rings (SSSR count). The number of aromatic hydroxyl groups is 1. The molecule has 0 fully saturated rings. The second-order valence-electron chi connectivity index (χ2n) is 5.85. The van der Waals surface area contributed by atoms with Crippen LogP contribution in [0.25, 0.3) is 16.8 Å². The summed E-state index contributed by atoms with van der Waals surface area (Å²) in [4.78, 5) is 24.0. The Morgan fingerprint density at radius 3 is 2.39 bits per heavy atom. The van der Waals surface area contributed by atoms with Crippen molar-refractivity contribution in [2.45, 2.75) is 0 Å². The Morgan fingerprint density at radius 1 is 0.893 bits per heavy atom. The maximum Gasteiger partial charge on any atom is 0.269 e. The fourth-order valence-electron chi connectivity index (χ4n) is 2.54. The number of hydrogen-bond donors (Lipinski definition) is 4. The number of phenolic OH excluding ortho intramolecular Hbond substituents is 1. The minimum atomic E-state index is -0.456. The van der Waals surface area contributed by atoms with Gasteiger partial charge in [0, 0.05) is 11.6 Å². The lowest BCUT2D eigenvalue weighted by Gasteiger charge is -2.09. The van der Waals surface area contributed by atoms with Gasteiger partial charge in [-0.1, -0.05) is 42.5 Å². The summed E-state index contributed by atoms with van der Waals surface area (Å²) in [6.07, 6.45) is 3.08. The van der Waals surface area contributed by atoms with Crippen LogP contribution in [0.4, 0.5) is 0 Å². The van der Waals surface area contributed by atoms with E-state index in [4.69, 9.17) is 12.2 Å². The van der Waals surface area contributed by atoms with Gasteiger partial charge in [-0.3, -0.25) is 25.8 Å². The molecule has 0 radical (unpaired) electrons. The second kappa shape index (κ2) is 8.79. The number of carbonyl (C=O) groups is 2. The number of fused-ring (bicyclic) bond motifs is 1. The first kappa shape index (κ1) is 19.1. The number of benzene rings is 3. The third-order valence-electron chi connectivity index (χ3n) is 3.89. The summed E-state index contributed by atoms with van der Waals surface area (Å²) < 4.78 is 0. The van der Waals surface area contributed by atoms with Crippen LogP contribution >= 0.6 is 12.2 Å². The van der Waals surface area contributed by atoms with E-state index in [2.05, 4.69) is 16.2 Å². The number of hydrazine groups is 1. The van der Waals surface area contributed by atoms with Gasteiger partial charge in [-0.2, -0.15) is 0 Å². The monoisotopic (exact) mass is 391 g/mol. The Hall–Kier alpha value is -3.71. The number of rotatable bonds is 3. The van der Waals surface area contributed by atoms with Crippen molar-refractivity contribution in [2.24, 2.45) is 0 Å². The van der Waals surface area contributed by atoms with E-state index in [1.807, 2.05) is 42.5 Å². The van der Waals surface area contributed by atoms with Crippen molar-refractivity contribution < 1.29 is 14.7 Å². The van der Waals surface area contributed by atoms with Gasteiger partial charge in [0.05, 0.1) is 0 Å². The Morgan fingerprint density at radius 2 is 1.61 bits per heavy atom. The molecule has 7 heteroatoms. The van der Waals surface area contributed by atoms with E-state index in [0.29, 0.717) is 5.56 Å². The van der Waals surface area contributed by atoms with E-state index < -0.39 is 11.8 Å². The van der Waals surface area contributed by atoms with E-state index in [9.17, 15) is 14.7 Å². The van der Waals surface area contributed by atoms with Crippen LogP contribution in [0, 0.1) is 0 Å². The van der Waals surface area contributed by atoms with Crippen molar-refractivity contribution in [3.8, 4) is 5.75 Å². The standard InChI is InChI=1S/C21H17N3O3S/c25-17-11-8-16(9-12-17)20(27)23-24-21(28)22-19(26)13-10-15-6-3-5-14-4-1-2-7-18(14)15/h1-13,25H,(H,23,27)(H2,22,24,26,28)/b13-10+. The van der Waals surface area contributed by atoms with Crippen LogP contribution in [0.2, 0.25) is 0 Å². The first-order valence-electron chi connectivity index (χ1n) is 8.39. The molecule has 2 amide bonds. The second-order valence-corrected chi connectivity index (χ2v) is 6.25. The molecule has 0 unspecified atom stereocenters. The summed E-state index contributed by atoms with van der Waals surface area (Å²) in [5, 5.41) is 13.8. The van der Waals surface area contributed by atoms with Crippen molar-refractivity contribution in [2.75, 3.05) is 0 Å².